The molecule has 0 aliphatic heterocycles. The lowest BCUT2D eigenvalue weighted by atomic mass is 9.42. The van der Waals surface area contributed by atoms with Crippen molar-refractivity contribution in [3.05, 3.63) is 28.2 Å². The minimum absolute atomic E-state index is 0.555. The van der Waals surface area contributed by atoms with Crippen LogP contribution in [0.1, 0.15) is 24.8 Å². The van der Waals surface area contributed by atoms with Gasteiger partial charge in [-0.25, -0.2) is 0 Å². The van der Waals surface area contributed by atoms with Crippen LogP contribution in [-0.4, -0.2) is 7.11 Å². The van der Waals surface area contributed by atoms with Crippen LogP contribution in [0, 0.1) is 5.92 Å². The third-order valence-corrected chi connectivity index (χ3v) is 4.42. The Labute approximate surface area is 92.6 Å². The number of halogens is 1. The Bertz CT molecular complexity index is 369. The van der Waals surface area contributed by atoms with Gasteiger partial charge in [-0.2, -0.15) is 0 Å². The fraction of sp³-hybridized carbons (Fsp3) is 0.500. The summed E-state index contributed by atoms with van der Waals surface area (Å²) in [6.45, 7) is 0. The molecule has 0 atom stereocenters. The van der Waals surface area contributed by atoms with E-state index in [1.54, 1.807) is 7.11 Å². The second-order valence-electron chi connectivity index (χ2n) is 4.61. The van der Waals surface area contributed by atoms with E-state index in [0.717, 1.165) is 16.1 Å². The number of ether oxygens (including phenoxy) is 1. The van der Waals surface area contributed by atoms with E-state index < -0.39 is 0 Å². The summed E-state index contributed by atoms with van der Waals surface area (Å²) in [5, 5.41) is 0. The van der Waals surface area contributed by atoms with Crippen molar-refractivity contribution in [2.45, 2.75) is 24.7 Å². The molecule has 0 spiro atoms. The van der Waals surface area contributed by atoms with E-state index >= 15 is 0 Å². The molecule has 0 aromatic heterocycles. The summed E-state index contributed by atoms with van der Waals surface area (Å²) in [6.07, 6.45) is 4.23. The fourth-order valence-electron chi connectivity index (χ4n) is 2.83. The lowest BCUT2D eigenvalue weighted by molar-refractivity contribution is -0.0274. The van der Waals surface area contributed by atoms with E-state index in [1.807, 2.05) is 0 Å². The van der Waals surface area contributed by atoms with Crippen molar-refractivity contribution in [2.24, 2.45) is 5.92 Å². The first-order valence-corrected chi connectivity index (χ1v) is 5.87. The highest BCUT2D eigenvalue weighted by atomic mass is 79.9. The van der Waals surface area contributed by atoms with Crippen LogP contribution in [0.3, 0.4) is 0 Å². The Morgan fingerprint density at radius 1 is 1.36 bits per heavy atom. The summed E-state index contributed by atoms with van der Waals surface area (Å²) in [6, 6.07) is 6.52. The number of hydrogen-bond donors (Lipinski definition) is 0. The summed E-state index contributed by atoms with van der Waals surface area (Å²) in [5.41, 5.74) is 2.05. The topological polar surface area (TPSA) is 9.23 Å². The van der Waals surface area contributed by atoms with Gasteiger partial charge in [0.05, 0.1) is 11.6 Å². The van der Waals surface area contributed by atoms with Gasteiger partial charge in [0, 0.05) is 0 Å². The molecular formula is C12H13BrO. The molecule has 3 aliphatic rings. The molecule has 0 unspecified atom stereocenters. The minimum Gasteiger partial charge on any atom is -0.496 e. The molecule has 1 aromatic carbocycles. The zero-order valence-electron chi connectivity index (χ0n) is 8.22. The van der Waals surface area contributed by atoms with Crippen molar-refractivity contribution in [1.29, 1.82) is 0 Å². The highest BCUT2D eigenvalue weighted by molar-refractivity contribution is 9.10. The van der Waals surface area contributed by atoms with Gasteiger partial charge in [-0.05, 0) is 64.2 Å². The molecule has 2 bridgehead atoms. The number of methoxy groups -OCH3 is 1. The monoisotopic (exact) mass is 252 g/mol. The van der Waals surface area contributed by atoms with Gasteiger partial charge in [-0.15, -0.1) is 0 Å². The Hall–Kier alpha value is -0.500. The Kier molecular flexibility index (Phi) is 1.73. The van der Waals surface area contributed by atoms with Gasteiger partial charge in [0.2, 0.25) is 0 Å². The van der Waals surface area contributed by atoms with Gasteiger partial charge in [-0.3, -0.25) is 0 Å². The van der Waals surface area contributed by atoms with E-state index in [9.17, 15) is 0 Å². The third-order valence-electron chi connectivity index (χ3n) is 3.80. The van der Waals surface area contributed by atoms with Crippen molar-refractivity contribution in [3.8, 4) is 5.75 Å². The van der Waals surface area contributed by atoms with Crippen molar-refractivity contribution < 1.29 is 4.74 Å². The lowest BCUT2D eigenvalue weighted by Gasteiger charge is -2.62. The molecule has 3 fully saturated rings. The van der Waals surface area contributed by atoms with E-state index in [0.29, 0.717) is 5.41 Å². The van der Waals surface area contributed by atoms with Crippen LogP contribution in [0.4, 0.5) is 0 Å². The van der Waals surface area contributed by atoms with E-state index in [4.69, 9.17) is 4.74 Å². The van der Waals surface area contributed by atoms with Crippen LogP contribution in [-0.2, 0) is 5.41 Å². The van der Waals surface area contributed by atoms with Crippen molar-refractivity contribution in [3.63, 3.8) is 0 Å². The van der Waals surface area contributed by atoms with E-state index in [-0.39, 0.29) is 0 Å². The highest BCUT2D eigenvalue weighted by Gasteiger charge is 2.57. The molecule has 0 saturated heterocycles. The zero-order valence-corrected chi connectivity index (χ0v) is 9.80. The first-order valence-electron chi connectivity index (χ1n) is 5.07. The smallest absolute Gasteiger partial charge is 0.133 e. The van der Waals surface area contributed by atoms with Crippen LogP contribution in [0.2, 0.25) is 0 Å². The largest absolute Gasteiger partial charge is 0.496 e. The molecule has 0 heterocycles. The second-order valence-corrected chi connectivity index (χ2v) is 5.46. The normalized spacial score (nSPS) is 33.1. The maximum Gasteiger partial charge on any atom is 0.133 e. The van der Waals surface area contributed by atoms with Crippen LogP contribution in [0.25, 0.3) is 0 Å². The molecule has 1 aromatic rings. The second kappa shape index (κ2) is 2.75. The van der Waals surface area contributed by atoms with Gasteiger partial charge >= 0.3 is 0 Å². The minimum atomic E-state index is 0.555. The quantitative estimate of drug-likeness (QED) is 0.783. The summed E-state index contributed by atoms with van der Waals surface area (Å²) in [4.78, 5) is 0. The first-order chi connectivity index (χ1) is 6.73. The van der Waals surface area contributed by atoms with E-state index in [1.165, 1.54) is 24.8 Å². The molecule has 0 N–H and O–H groups in total. The fourth-order valence-corrected chi connectivity index (χ4v) is 3.37. The molecule has 3 aliphatic carbocycles. The SMILES string of the molecule is COc1ccc(C23CC(C2)C3)cc1Br. The van der Waals surface area contributed by atoms with Crippen LogP contribution in [0.15, 0.2) is 22.7 Å². The van der Waals surface area contributed by atoms with Gasteiger partial charge in [0.1, 0.15) is 5.75 Å². The molecular weight excluding hydrogens is 240 g/mol. The predicted molar refractivity (Wildman–Crippen MR) is 59.7 cm³/mol. The van der Waals surface area contributed by atoms with Crippen LogP contribution < -0.4 is 4.74 Å². The van der Waals surface area contributed by atoms with Gasteiger partial charge in [-0.1, -0.05) is 6.07 Å². The lowest BCUT2D eigenvalue weighted by Crippen LogP contribution is -2.55. The number of rotatable bonds is 2. The molecule has 1 nitrogen and oxygen atoms in total. The molecule has 74 valence electrons. The van der Waals surface area contributed by atoms with Crippen molar-refractivity contribution in [1.82, 2.24) is 0 Å². The van der Waals surface area contributed by atoms with Gasteiger partial charge < -0.3 is 4.74 Å². The summed E-state index contributed by atoms with van der Waals surface area (Å²) in [7, 11) is 1.71. The summed E-state index contributed by atoms with van der Waals surface area (Å²) >= 11 is 3.55. The predicted octanol–water partition coefficient (Wildman–Crippen LogP) is 3.51. The summed E-state index contributed by atoms with van der Waals surface area (Å²) in [5.74, 6) is 1.97. The summed E-state index contributed by atoms with van der Waals surface area (Å²) < 4.78 is 6.32. The molecule has 0 radical (unpaired) electrons. The van der Waals surface area contributed by atoms with Crippen LogP contribution in [0.5, 0.6) is 5.75 Å². The number of benzene rings is 1. The Morgan fingerprint density at radius 3 is 2.50 bits per heavy atom. The average molecular weight is 253 g/mol. The Balaban J connectivity index is 1.96. The van der Waals surface area contributed by atoms with E-state index in [2.05, 4.69) is 34.1 Å². The molecule has 14 heavy (non-hydrogen) atoms. The first kappa shape index (κ1) is 8.78. The maximum atomic E-state index is 5.23. The van der Waals surface area contributed by atoms with Crippen LogP contribution >= 0.6 is 15.9 Å². The molecule has 2 heteroatoms. The van der Waals surface area contributed by atoms with Gasteiger partial charge in [0.25, 0.3) is 0 Å². The van der Waals surface area contributed by atoms with Gasteiger partial charge in [0.15, 0.2) is 0 Å². The average Bonchev–Trinajstić information content (AvgIpc) is 1.99. The molecule has 3 saturated carbocycles. The molecule has 0 amide bonds. The Morgan fingerprint density at radius 2 is 2.07 bits per heavy atom. The third kappa shape index (κ3) is 1.01. The van der Waals surface area contributed by atoms with Crippen molar-refractivity contribution in [2.75, 3.05) is 7.11 Å². The highest BCUT2D eigenvalue weighted by Crippen LogP contribution is 2.65. The van der Waals surface area contributed by atoms with Crippen molar-refractivity contribution >= 4 is 15.9 Å². The molecule has 4 rings (SSSR count). The standard InChI is InChI=1S/C12H13BrO/c1-14-11-3-2-9(4-10(11)13)12-5-8(6-12)7-12/h2-4,8H,5-7H2,1H3. The maximum absolute atomic E-state index is 5.23. The number of hydrogen-bond acceptors (Lipinski definition) is 1. The zero-order chi connectivity index (χ0) is 9.76.